The van der Waals surface area contributed by atoms with Crippen LogP contribution in [0.5, 0.6) is 11.5 Å². The van der Waals surface area contributed by atoms with Crippen LogP contribution in [-0.2, 0) is 11.3 Å². The van der Waals surface area contributed by atoms with E-state index in [0.717, 1.165) is 28.6 Å². The molecule has 1 fully saturated rings. The molecule has 0 saturated carbocycles. The molecule has 0 unspecified atom stereocenters. The number of nitrogens with zero attached hydrogens (tertiary/aromatic N) is 5. The highest BCUT2D eigenvalue weighted by Crippen LogP contribution is 2.32. The van der Waals surface area contributed by atoms with Crippen molar-refractivity contribution < 1.29 is 19.1 Å². The third kappa shape index (κ3) is 6.24. The summed E-state index contributed by atoms with van der Waals surface area (Å²) in [6.45, 7) is 3.31. The second kappa shape index (κ2) is 11.8. The summed E-state index contributed by atoms with van der Waals surface area (Å²) < 4.78 is 10.9. The number of piperazine rings is 1. The molecule has 1 aromatic heterocycles. The monoisotopic (exact) mass is 553 g/mol. The minimum absolute atomic E-state index is 0.186. The van der Waals surface area contributed by atoms with Crippen LogP contribution in [-0.4, -0.2) is 77.3 Å². The molecule has 9 nitrogen and oxygen atoms in total. The van der Waals surface area contributed by atoms with Crippen LogP contribution in [0.4, 0.5) is 0 Å². The van der Waals surface area contributed by atoms with Crippen LogP contribution in [0.2, 0.25) is 10.0 Å². The number of rotatable bonds is 7. The smallest absolute Gasteiger partial charge is 0.274 e. The number of benzene rings is 2. The van der Waals surface area contributed by atoms with E-state index in [1.54, 1.807) is 35.2 Å². The van der Waals surface area contributed by atoms with E-state index in [-0.39, 0.29) is 19.2 Å². The van der Waals surface area contributed by atoms with Crippen molar-refractivity contribution in [3.63, 3.8) is 0 Å². The summed E-state index contributed by atoms with van der Waals surface area (Å²) in [7, 11) is 0. The quantitative estimate of drug-likeness (QED) is 0.325. The predicted molar refractivity (Wildman–Crippen MR) is 144 cm³/mol. The number of hydrazone groups is 1. The molecule has 3 heterocycles. The predicted octanol–water partition coefficient (Wildman–Crippen LogP) is 3.94. The zero-order valence-electron chi connectivity index (χ0n) is 20.4. The Morgan fingerprint density at radius 3 is 2.50 bits per heavy atom. The van der Waals surface area contributed by atoms with E-state index in [9.17, 15) is 9.59 Å². The zero-order chi connectivity index (χ0) is 26.5. The van der Waals surface area contributed by atoms with Crippen molar-refractivity contribution in [2.24, 2.45) is 5.10 Å². The highest BCUT2D eigenvalue weighted by atomic mass is 35.5. The van der Waals surface area contributed by atoms with Gasteiger partial charge in [-0.2, -0.15) is 5.10 Å². The number of aromatic nitrogens is 1. The molecule has 2 amide bonds. The maximum atomic E-state index is 13.2. The molecule has 0 bridgehead atoms. The number of pyridine rings is 1. The molecule has 0 aliphatic carbocycles. The Bertz CT molecular complexity index is 1350. The third-order valence-electron chi connectivity index (χ3n) is 6.31. The van der Waals surface area contributed by atoms with Gasteiger partial charge in [0, 0.05) is 61.3 Å². The van der Waals surface area contributed by atoms with Gasteiger partial charge in [-0.1, -0.05) is 35.3 Å². The van der Waals surface area contributed by atoms with Crippen molar-refractivity contribution in [2.45, 2.75) is 6.54 Å². The van der Waals surface area contributed by atoms with Crippen LogP contribution in [0.3, 0.4) is 0 Å². The number of hydrogen-bond acceptors (Lipinski definition) is 7. The van der Waals surface area contributed by atoms with Crippen LogP contribution in [0, 0.1) is 0 Å². The summed E-state index contributed by atoms with van der Waals surface area (Å²) in [5.74, 6) is 0.921. The lowest BCUT2D eigenvalue weighted by atomic mass is 10.1. The molecule has 196 valence electrons. The van der Waals surface area contributed by atoms with Gasteiger partial charge in [-0.25, -0.2) is 5.01 Å². The molecule has 0 N–H and O–H groups in total. The molecule has 2 aliphatic heterocycles. The van der Waals surface area contributed by atoms with Gasteiger partial charge in [0.2, 0.25) is 12.7 Å². The van der Waals surface area contributed by atoms with Gasteiger partial charge in [-0.15, -0.1) is 0 Å². The van der Waals surface area contributed by atoms with Crippen LogP contribution >= 0.6 is 23.2 Å². The van der Waals surface area contributed by atoms with E-state index in [0.29, 0.717) is 47.4 Å². The first-order chi connectivity index (χ1) is 18.5. The molecule has 0 radical (unpaired) electrons. The first kappa shape index (κ1) is 26.0. The molecule has 1 saturated heterocycles. The first-order valence-electron chi connectivity index (χ1n) is 12.1. The maximum absolute atomic E-state index is 13.2. The number of fused-ring (bicyclic) bond motifs is 1. The number of carbonyl (C=O) groups is 2. The summed E-state index contributed by atoms with van der Waals surface area (Å²) >= 11 is 12.2. The normalized spacial score (nSPS) is 15.2. The van der Waals surface area contributed by atoms with Crippen molar-refractivity contribution >= 4 is 41.2 Å². The van der Waals surface area contributed by atoms with Crippen molar-refractivity contribution in [2.75, 3.05) is 39.5 Å². The average molecular weight is 554 g/mol. The molecule has 11 heteroatoms. The number of halogens is 2. The minimum Gasteiger partial charge on any atom is -0.454 e. The lowest BCUT2D eigenvalue weighted by molar-refractivity contribution is -0.133. The van der Waals surface area contributed by atoms with E-state index >= 15 is 0 Å². The lowest BCUT2D eigenvalue weighted by Gasteiger charge is -2.35. The van der Waals surface area contributed by atoms with E-state index in [4.69, 9.17) is 32.7 Å². The molecular weight excluding hydrogens is 529 g/mol. The molecule has 0 atom stereocenters. The van der Waals surface area contributed by atoms with Crippen LogP contribution in [0.25, 0.3) is 0 Å². The highest BCUT2D eigenvalue weighted by Gasteiger charge is 2.26. The number of hydrogen-bond donors (Lipinski definition) is 0. The standard InChI is InChI=1S/C27H25Cl2N5O4/c28-22-3-2-21(23(29)14-22)15-31-34(27(36)20-5-7-30-8-6-20)17-26(35)33-11-9-32(10-12-33)16-19-1-4-24-25(13-19)38-18-37-24/h1-8,13-15H,9-12,16-18H2/b31-15+. The molecule has 5 rings (SSSR count). The third-order valence-corrected chi connectivity index (χ3v) is 6.88. The molecule has 2 aliphatic rings. The summed E-state index contributed by atoms with van der Waals surface area (Å²) in [6.07, 6.45) is 4.49. The summed E-state index contributed by atoms with van der Waals surface area (Å²) in [6, 6.07) is 14.1. The van der Waals surface area contributed by atoms with E-state index in [1.807, 2.05) is 18.2 Å². The molecule has 0 spiro atoms. The second-order valence-corrected chi connectivity index (χ2v) is 9.70. The number of amides is 2. The van der Waals surface area contributed by atoms with Gasteiger partial charge in [-0.3, -0.25) is 19.5 Å². The van der Waals surface area contributed by atoms with Gasteiger partial charge in [0.05, 0.1) is 11.2 Å². The van der Waals surface area contributed by atoms with E-state index < -0.39 is 5.91 Å². The van der Waals surface area contributed by atoms with E-state index in [1.165, 1.54) is 18.6 Å². The Morgan fingerprint density at radius 2 is 1.74 bits per heavy atom. The van der Waals surface area contributed by atoms with Gasteiger partial charge in [0.1, 0.15) is 6.54 Å². The maximum Gasteiger partial charge on any atom is 0.274 e. The van der Waals surface area contributed by atoms with Crippen LogP contribution < -0.4 is 9.47 Å². The largest absolute Gasteiger partial charge is 0.454 e. The topological polar surface area (TPSA) is 87.6 Å². The Labute approximate surface area is 230 Å². The Kier molecular flexibility index (Phi) is 8.07. The van der Waals surface area contributed by atoms with Crippen molar-refractivity contribution in [1.29, 1.82) is 0 Å². The summed E-state index contributed by atoms with van der Waals surface area (Å²) in [5, 5.41) is 6.36. The first-order valence-corrected chi connectivity index (χ1v) is 12.8. The van der Waals surface area contributed by atoms with Gasteiger partial charge in [0.15, 0.2) is 11.5 Å². The average Bonchev–Trinajstić information content (AvgIpc) is 3.40. The fourth-order valence-electron chi connectivity index (χ4n) is 4.23. The number of carbonyl (C=O) groups excluding carboxylic acids is 2. The van der Waals surface area contributed by atoms with Crippen molar-refractivity contribution in [3.05, 3.63) is 87.7 Å². The van der Waals surface area contributed by atoms with Gasteiger partial charge >= 0.3 is 0 Å². The van der Waals surface area contributed by atoms with Crippen molar-refractivity contribution in [1.82, 2.24) is 19.8 Å². The molecule has 2 aromatic carbocycles. The van der Waals surface area contributed by atoms with Gasteiger partial charge in [0.25, 0.3) is 5.91 Å². The molecule has 38 heavy (non-hydrogen) atoms. The van der Waals surface area contributed by atoms with Crippen molar-refractivity contribution in [3.8, 4) is 11.5 Å². The second-order valence-electron chi connectivity index (χ2n) is 8.85. The summed E-state index contributed by atoms with van der Waals surface area (Å²) in [5.41, 5.74) is 2.08. The fraction of sp³-hybridized carbons (Fsp3) is 0.259. The van der Waals surface area contributed by atoms with Gasteiger partial charge < -0.3 is 14.4 Å². The zero-order valence-corrected chi connectivity index (χ0v) is 21.9. The van der Waals surface area contributed by atoms with E-state index in [2.05, 4.69) is 15.0 Å². The Hall–Kier alpha value is -3.66. The molecular formula is C27H25Cl2N5O4. The summed E-state index contributed by atoms with van der Waals surface area (Å²) in [4.78, 5) is 34.4. The SMILES string of the molecule is O=C(CN(/N=C/c1ccc(Cl)cc1Cl)C(=O)c1ccncc1)N1CCN(Cc2ccc3c(c2)OCO3)CC1. The fourth-order valence-corrected chi connectivity index (χ4v) is 4.68. The molecule has 3 aromatic rings. The van der Waals surface area contributed by atoms with Gasteiger partial charge in [-0.05, 0) is 42.0 Å². The highest BCUT2D eigenvalue weighted by molar-refractivity contribution is 6.36. The minimum atomic E-state index is -0.413. The lowest BCUT2D eigenvalue weighted by Crippen LogP contribution is -2.51. The number of ether oxygens (including phenoxy) is 2. The Morgan fingerprint density at radius 1 is 0.974 bits per heavy atom. The van der Waals surface area contributed by atoms with Crippen LogP contribution in [0.1, 0.15) is 21.5 Å². The Balaban J connectivity index is 1.22. The van der Waals surface area contributed by atoms with Crippen LogP contribution in [0.15, 0.2) is 66.0 Å².